The van der Waals surface area contributed by atoms with Crippen LogP contribution in [0.15, 0.2) is 4.99 Å². The second kappa shape index (κ2) is 6.27. The van der Waals surface area contributed by atoms with Crippen molar-refractivity contribution >= 4 is 11.9 Å². The van der Waals surface area contributed by atoms with Gasteiger partial charge in [0.1, 0.15) is 0 Å². The van der Waals surface area contributed by atoms with Gasteiger partial charge in [-0.1, -0.05) is 0 Å². The maximum atomic E-state index is 11.7. The molecule has 5 nitrogen and oxygen atoms in total. The number of carbonyl (C=O) groups excluding carboxylic acids is 1. The molecule has 0 aromatic carbocycles. The van der Waals surface area contributed by atoms with Crippen molar-refractivity contribution in [1.29, 1.82) is 0 Å². The second-order valence-corrected chi connectivity index (χ2v) is 3.54. The molecule has 0 atom stereocenters. The van der Waals surface area contributed by atoms with Crippen molar-refractivity contribution in [2.75, 3.05) is 33.2 Å². The van der Waals surface area contributed by atoms with E-state index in [0.717, 1.165) is 32.5 Å². The quantitative estimate of drug-likeness (QED) is 0.503. The summed E-state index contributed by atoms with van der Waals surface area (Å²) in [4.78, 5) is 17.5. The number of nitrogens with one attached hydrogen (secondary N) is 2. The van der Waals surface area contributed by atoms with Gasteiger partial charge in [-0.05, 0) is 19.8 Å². The number of nitrogens with zero attached hydrogens (tertiary/aromatic N) is 2. The normalized spacial score (nSPS) is 16.7. The Morgan fingerprint density at radius 2 is 2.00 bits per heavy atom. The number of carbonyl (C=O) groups is 1. The lowest BCUT2D eigenvalue weighted by Crippen LogP contribution is -2.43. The Morgan fingerprint density at radius 1 is 1.33 bits per heavy atom. The molecule has 0 saturated carbocycles. The highest BCUT2D eigenvalue weighted by atomic mass is 16.2. The Labute approximate surface area is 90.9 Å². The third-order valence-corrected chi connectivity index (χ3v) is 2.43. The van der Waals surface area contributed by atoms with Crippen molar-refractivity contribution in [3.8, 4) is 0 Å². The van der Waals surface area contributed by atoms with Gasteiger partial charge >= 0.3 is 0 Å². The number of rotatable bonds is 3. The first-order valence-electron chi connectivity index (χ1n) is 5.50. The third-order valence-electron chi connectivity index (χ3n) is 2.43. The third kappa shape index (κ3) is 3.77. The monoisotopic (exact) mass is 212 g/mol. The van der Waals surface area contributed by atoms with Gasteiger partial charge < -0.3 is 15.5 Å². The Bertz CT molecular complexity index is 234. The van der Waals surface area contributed by atoms with Crippen molar-refractivity contribution in [2.24, 2.45) is 4.99 Å². The van der Waals surface area contributed by atoms with Crippen LogP contribution in [0.3, 0.4) is 0 Å². The van der Waals surface area contributed by atoms with E-state index in [1.54, 1.807) is 7.05 Å². The van der Waals surface area contributed by atoms with Gasteiger partial charge in [0, 0.05) is 26.7 Å². The predicted octanol–water partition coefficient (Wildman–Crippen LogP) is -0.206. The number of likely N-dealkylation sites (tertiary alicyclic amines) is 1. The fraction of sp³-hybridized carbons (Fsp3) is 0.800. The van der Waals surface area contributed by atoms with Crippen LogP contribution >= 0.6 is 0 Å². The molecule has 15 heavy (non-hydrogen) atoms. The number of hydrogen-bond acceptors (Lipinski definition) is 2. The number of aliphatic imine (C=N–C) groups is 1. The highest BCUT2D eigenvalue weighted by molar-refractivity contribution is 5.86. The summed E-state index contributed by atoms with van der Waals surface area (Å²) in [5.41, 5.74) is 0. The van der Waals surface area contributed by atoms with Crippen LogP contribution in [-0.2, 0) is 4.79 Å². The van der Waals surface area contributed by atoms with Gasteiger partial charge in [0.25, 0.3) is 0 Å². The molecule has 1 rings (SSSR count). The molecule has 0 unspecified atom stereocenters. The zero-order chi connectivity index (χ0) is 11.1. The van der Waals surface area contributed by atoms with E-state index in [2.05, 4.69) is 15.6 Å². The Balaban J connectivity index is 2.26. The highest BCUT2D eigenvalue weighted by Gasteiger charge is 2.17. The van der Waals surface area contributed by atoms with Gasteiger partial charge in [-0.2, -0.15) is 0 Å². The summed E-state index contributed by atoms with van der Waals surface area (Å²) in [6, 6.07) is 0. The average Bonchev–Trinajstić information content (AvgIpc) is 2.77. The molecular formula is C10H20N4O. The van der Waals surface area contributed by atoms with Crippen LogP contribution in [0, 0.1) is 0 Å². The van der Waals surface area contributed by atoms with E-state index in [0.29, 0.717) is 12.5 Å². The molecule has 0 aliphatic carbocycles. The lowest BCUT2D eigenvalue weighted by atomic mass is 10.4. The summed E-state index contributed by atoms with van der Waals surface area (Å²) in [6.07, 6.45) is 2.27. The minimum atomic E-state index is 0.159. The van der Waals surface area contributed by atoms with Crippen molar-refractivity contribution in [1.82, 2.24) is 15.5 Å². The maximum absolute atomic E-state index is 11.7. The molecule has 2 N–H and O–H groups in total. The number of guanidine groups is 1. The van der Waals surface area contributed by atoms with E-state index in [9.17, 15) is 4.79 Å². The molecule has 5 heteroatoms. The Kier molecular flexibility index (Phi) is 4.93. The minimum Gasteiger partial charge on any atom is -0.357 e. The van der Waals surface area contributed by atoms with E-state index in [-0.39, 0.29) is 5.91 Å². The zero-order valence-electron chi connectivity index (χ0n) is 9.55. The minimum absolute atomic E-state index is 0.159. The molecule has 1 saturated heterocycles. The molecule has 1 heterocycles. The van der Waals surface area contributed by atoms with Gasteiger partial charge in [-0.25, -0.2) is 0 Å². The van der Waals surface area contributed by atoms with E-state index in [4.69, 9.17) is 0 Å². The Morgan fingerprint density at radius 3 is 2.53 bits per heavy atom. The fourth-order valence-corrected chi connectivity index (χ4v) is 1.63. The molecule has 86 valence electrons. The van der Waals surface area contributed by atoms with Crippen molar-refractivity contribution < 1.29 is 4.79 Å². The smallest absolute Gasteiger partial charge is 0.241 e. The van der Waals surface area contributed by atoms with E-state index >= 15 is 0 Å². The number of hydrogen-bond donors (Lipinski definition) is 2. The first kappa shape index (κ1) is 11.8. The first-order chi connectivity index (χ1) is 7.27. The van der Waals surface area contributed by atoms with Crippen LogP contribution < -0.4 is 10.6 Å². The summed E-state index contributed by atoms with van der Waals surface area (Å²) < 4.78 is 0. The Hall–Kier alpha value is -1.26. The van der Waals surface area contributed by atoms with Crippen LogP contribution in [0.5, 0.6) is 0 Å². The summed E-state index contributed by atoms with van der Waals surface area (Å²) in [6.45, 7) is 4.94. The summed E-state index contributed by atoms with van der Waals surface area (Å²) >= 11 is 0. The average molecular weight is 212 g/mol. The highest BCUT2D eigenvalue weighted by Crippen LogP contribution is 2.06. The lowest BCUT2D eigenvalue weighted by molar-refractivity contribution is -0.128. The van der Waals surface area contributed by atoms with E-state index in [1.807, 2.05) is 11.8 Å². The molecule has 1 fully saturated rings. The summed E-state index contributed by atoms with van der Waals surface area (Å²) in [5.74, 6) is 0.844. The van der Waals surface area contributed by atoms with Crippen LogP contribution in [0.1, 0.15) is 19.8 Å². The molecule has 0 spiro atoms. The molecular weight excluding hydrogens is 192 g/mol. The molecule has 1 amide bonds. The summed E-state index contributed by atoms with van der Waals surface area (Å²) in [5, 5.41) is 6.04. The van der Waals surface area contributed by atoms with Crippen LogP contribution in [0.4, 0.5) is 0 Å². The summed E-state index contributed by atoms with van der Waals surface area (Å²) in [7, 11) is 1.70. The van der Waals surface area contributed by atoms with Crippen LogP contribution in [0.25, 0.3) is 0 Å². The van der Waals surface area contributed by atoms with Gasteiger partial charge in [0.15, 0.2) is 5.96 Å². The fourth-order valence-electron chi connectivity index (χ4n) is 1.63. The van der Waals surface area contributed by atoms with Crippen molar-refractivity contribution in [3.05, 3.63) is 0 Å². The standard InChI is InChI=1S/C10H20N4O/c1-3-12-10(11-2)13-8-9(15)14-6-4-5-7-14/h3-8H2,1-2H3,(H2,11,12,13). The topological polar surface area (TPSA) is 56.7 Å². The first-order valence-corrected chi connectivity index (χ1v) is 5.50. The van der Waals surface area contributed by atoms with Gasteiger partial charge in [-0.15, -0.1) is 0 Å². The van der Waals surface area contributed by atoms with Crippen LogP contribution in [0.2, 0.25) is 0 Å². The lowest BCUT2D eigenvalue weighted by Gasteiger charge is -2.16. The molecule has 1 aliphatic heterocycles. The van der Waals surface area contributed by atoms with Gasteiger partial charge in [0.05, 0.1) is 6.54 Å². The zero-order valence-corrected chi connectivity index (χ0v) is 9.55. The SMILES string of the molecule is CCNC(=NC)NCC(=O)N1CCCC1. The molecule has 0 bridgehead atoms. The second-order valence-electron chi connectivity index (χ2n) is 3.54. The predicted molar refractivity (Wildman–Crippen MR) is 60.9 cm³/mol. The largest absolute Gasteiger partial charge is 0.357 e. The molecule has 1 aliphatic rings. The molecule has 0 aromatic heterocycles. The van der Waals surface area contributed by atoms with Gasteiger partial charge in [0.2, 0.25) is 5.91 Å². The van der Waals surface area contributed by atoms with Gasteiger partial charge in [-0.3, -0.25) is 9.79 Å². The maximum Gasteiger partial charge on any atom is 0.241 e. The van der Waals surface area contributed by atoms with Crippen LogP contribution in [-0.4, -0.2) is 50.0 Å². The van der Waals surface area contributed by atoms with Crippen molar-refractivity contribution in [2.45, 2.75) is 19.8 Å². The van der Waals surface area contributed by atoms with Crippen molar-refractivity contribution in [3.63, 3.8) is 0 Å². The molecule has 0 aromatic rings. The number of amides is 1. The molecule has 0 radical (unpaired) electrons. The van der Waals surface area contributed by atoms with E-state index < -0.39 is 0 Å². The van der Waals surface area contributed by atoms with E-state index in [1.165, 1.54) is 0 Å².